The number of aliphatic hydroxyl groups is 2. The van der Waals surface area contributed by atoms with E-state index >= 15 is 0 Å². The Balaban J connectivity index is 3.65. The molecule has 1 atom stereocenters. The molecule has 0 amide bonds. The lowest BCUT2D eigenvalue weighted by molar-refractivity contribution is 0.144. The summed E-state index contributed by atoms with van der Waals surface area (Å²) in [5, 5.41) is 21.0. The van der Waals surface area contributed by atoms with Gasteiger partial charge in [0.05, 0.1) is 6.61 Å². The average Bonchev–Trinajstić information content (AvgIpc) is 2.06. The van der Waals surface area contributed by atoms with E-state index in [2.05, 4.69) is 5.32 Å². The largest absolute Gasteiger partial charge is 0.396 e. The van der Waals surface area contributed by atoms with Crippen LogP contribution in [-0.4, -0.2) is 36.0 Å². The first-order chi connectivity index (χ1) is 5.55. The van der Waals surface area contributed by atoms with Gasteiger partial charge >= 0.3 is 0 Å². The summed E-state index contributed by atoms with van der Waals surface area (Å²) in [6.07, 6.45) is 0.915. The zero-order chi connectivity index (χ0) is 9.61. The van der Waals surface area contributed by atoms with E-state index in [1.807, 2.05) is 20.8 Å². The number of hydrogen-bond donors (Lipinski definition) is 3. The van der Waals surface area contributed by atoms with Gasteiger partial charge in [-0.2, -0.15) is 0 Å². The molecule has 74 valence electrons. The molecule has 0 aromatic carbocycles. The summed E-state index contributed by atoms with van der Waals surface area (Å²) >= 11 is 0. The summed E-state index contributed by atoms with van der Waals surface area (Å²) in [4.78, 5) is 0. The summed E-state index contributed by atoms with van der Waals surface area (Å²) in [6, 6.07) is 0.163. The molecule has 0 aliphatic heterocycles. The highest BCUT2D eigenvalue weighted by molar-refractivity contribution is 4.73. The minimum Gasteiger partial charge on any atom is -0.396 e. The molecule has 0 aromatic heterocycles. The standard InChI is InChI=1S/C9H21NO2/c1-4-8(5-11)10-6-9(2,3)7-12/h8,10-12H,4-7H2,1-3H3/t8-/m0/s1. The van der Waals surface area contributed by atoms with Crippen molar-refractivity contribution in [3.05, 3.63) is 0 Å². The normalized spacial score (nSPS) is 14.8. The van der Waals surface area contributed by atoms with Crippen LogP contribution in [0.25, 0.3) is 0 Å². The van der Waals surface area contributed by atoms with E-state index in [0.29, 0.717) is 0 Å². The van der Waals surface area contributed by atoms with Gasteiger partial charge in [0, 0.05) is 24.6 Å². The van der Waals surface area contributed by atoms with E-state index in [0.717, 1.165) is 13.0 Å². The van der Waals surface area contributed by atoms with Gasteiger partial charge in [-0.05, 0) is 6.42 Å². The zero-order valence-electron chi connectivity index (χ0n) is 8.30. The molecule has 0 aromatic rings. The fraction of sp³-hybridized carbons (Fsp3) is 1.00. The number of rotatable bonds is 6. The predicted octanol–water partition coefficient (Wildman–Crippen LogP) is 0.365. The van der Waals surface area contributed by atoms with Gasteiger partial charge in [-0.1, -0.05) is 20.8 Å². The van der Waals surface area contributed by atoms with Gasteiger partial charge in [-0.25, -0.2) is 0 Å². The molecule has 0 heterocycles. The fourth-order valence-corrected chi connectivity index (χ4v) is 0.815. The SMILES string of the molecule is CC[C@@H](CO)NCC(C)(C)CO. The molecule has 0 spiro atoms. The molecular weight excluding hydrogens is 154 g/mol. The second-order valence-corrected chi connectivity index (χ2v) is 3.99. The maximum absolute atomic E-state index is 8.95. The van der Waals surface area contributed by atoms with Crippen LogP contribution in [0.15, 0.2) is 0 Å². The molecule has 0 unspecified atom stereocenters. The molecule has 3 N–H and O–H groups in total. The van der Waals surface area contributed by atoms with E-state index in [1.165, 1.54) is 0 Å². The van der Waals surface area contributed by atoms with Crippen LogP contribution >= 0.6 is 0 Å². The summed E-state index contributed by atoms with van der Waals surface area (Å²) in [5.41, 5.74) is -0.0947. The van der Waals surface area contributed by atoms with Crippen molar-refractivity contribution in [2.45, 2.75) is 33.2 Å². The number of nitrogens with one attached hydrogen (secondary N) is 1. The molecule has 0 saturated carbocycles. The van der Waals surface area contributed by atoms with E-state index in [-0.39, 0.29) is 24.7 Å². The first kappa shape index (κ1) is 11.9. The van der Waals surface area contributed by atoms with Crippen molar-refractivity contribution in [2.75, 3.05) is 19.8 Å². The van der Waals surface area contributed by atoms with Crippen molar-refractivity contribution >= 4 is 0 Å². The maximum atomic E-state index is 8.95. The lowest BCUT2D eigenvalue weighted by Gasteiger charge is -2.25. The Morgan fingerprint density at radius 1 is 1.33 bits per heavy atom. The van der Waals surface area contributed by atoms with Crippen LogP contribution in [0.2, 0.25) is 0 Å². The van der Waals surface area contributed by atoms with Gasteiger partial charge < -0.3 is 15.5 Å². The highest BCUT2D eigenvalue weighted by Crippen LogP contribution is 2.11. The van der Waals surface area contributed by atoms with E-state index in [4.69, 9.17) is 10.2 Å². The highest BCUT2D eigenvalue weighted by Gasteiger charge is 2.17. The third-order valence-corrected chi connectivity index (χ3v) is 2.01. The van der Waals surface area contributed by atoms with Crippen molar-refractivity contribution < 1.29 is 10.2 Å². The van der Waals surface area contributed by atoms with Gasteiger partial charge in [-0.3, -0.25) is 0 Å². The number of aliphatic hydroxyl groups excluding tert-OH is 2. The van der Waals surface area contributed by atoms with Crippen LogP contribution in [0.3, 0.4) is 0 Å². The number of hydrogen-bond acceptors (Lipinski definition) is 3. The summed E-state index contributed by atoms with van der Waals surface area (Å²) in [7, 11) is 0. The van der Waals surface area contributed by atoms with Gasteiger partial charge in [-0.15, -0.1) is 0 Å². The molecule has 3 nitrogen and oxygen atoms in total. The molecule has 0 bridgehead atoms. The van der Waals surface area contributed by atoms with E-state index < -0.39 is 0 Å². The minimum atomic E-state index is -0.0947. The predicted molar refractivity (Wildman–Crippen MR) is 50.0 cm³/mol. The fourth-order valence-electron chi connectivity index (χ4n) is 0.815. The Labute approximate surface area is 74.8 Å². The highest BCUT2D eigenvalue weighted by atomic mass is 16.3. The zero-order valence-corrected chi connectivity index (χ0v) is 8.30. The van der Waals surface area contributed by atoms with E-state index in [1.54, 1.807) is 0 Å². The van der Waals surface area contributed by atoms with Gasteiger partial charge in [0.15, 0.2) is 0 Å². The first-order valence-corrected chi connectivity index (χ1v) is 4.51. The molecular formula is C9H21NO2. The Morgan fingerprint density at radius 3 is 2.25 bits per heavy atom. The third kappa shape index (κ3) is 4.70. The Hall–Kier alpha value is -0.120. The second kappa shape index (κ2) is 5.51. The molecule has 0 aliphatic rings. The smallest absolute Gasteiger partial charge is 0.0584 e. The molecule has 0 radical (unpaired) electrons. The van der Waals surface area contributed by atoms with Crippen LogP contribution < -0.4 is 5.32 Å². The maximum Gasteiger partial charge on any atom is 0.0584 e. The van der Waals surface area contributed by atoms with Crippen molar-refractivity contribution in [3.63, 3.8) is 0 Å². The van der Waals surface area contributed by atoms with E-state index in [9.17, 15) is 0 Å². The molecule has 3 heteroatoms. The van der Waals surface area contributed by atoms with Crippen molar-refractivity contribution in [3.8, 4) is 0 Å². The van der Waals surface area contributed by atoms with Crippen LogP contribution in [0, 0.1) is 5.41 Å². The molecule has 0 fully saturated rings. The Kier molecular flexibility index (Phi) is 5.46. The summed E-state index contributed by atoms with van der Waals surface area (Å²) in [5.74, 6) is 0. The van der Waals surface area contributed by atoms with Gasteiger partial charge in [0.1, 0.15) is 0 Å². The van der Waals surface area contributed by atoms with Gasteiger partial charge in [0.25, 0.3) is 0 Å². The van der Waals surface area contributed by atoms with Crippen molar-refractivity contribution in [1.29, 1.82) is 0 Å². The van der Waals surface area contributed by atoms with Crippen LogP contribution in [-0.2, 0) is 0 Å². The molecule has 0 rings (SSSR count). The van der Waals surface area contributed by atoms with Crippen LogP contribution in [0.1, 0.15) is 27.2 Å². The van der Waals surface area contributed by atoms with Crippen LogP contribution in [0.4, 0.5) is 0 Å². The Morgan fingerprint density at radius 2 is 1.92 bits per heavy atom. The lowest BCUT2D eigenvalue weighted by Crippen LogP contribution is -2.40. The topological polar surface area (TPSA) is 52.5 Å². The average molecular weight is 175 g/mol. The summed E-state index contributed by atoms with van der Waals surface area (Å²) in [6.45, 7) is 7.08. The molecule has 0 aliphatic carbocycles. The first-order valence-electron chi connectivity index (χ1n) is 4.51. The molecule has 0 saturated heterocycles. The molecule has 12 heavy (non-hydrogen) atoms. The second-order valence-electron chi connectivity index (χ2n) is 3.99. The Bertz CT molecular complexity index is 111. The monoisotopic (exact) mass is 175 g/mol. The minimum absolute atomic E-state index is 0.0947. The quantitative estimate of drug-likeness (QED) is 0.546. The van der Waals surface area contributed by atoms with Crippen molar-refractivity contribution in [2.24, 2.45) is 5.41 Å². The van der Waals surface area contributed by atoms with Crippen LogP contribution in [0.5, 0.6) is 0 Å². The van der Waals surface area contributed by atoms with Gasteiger partial charge in [0.2, 0.25) is 0 Å². The lowest BCUT2D eigenvalue weighted by atomic mass is 9.94. The third-order valence-electron chi connectivity index (χ3n) is 2.01. The summed E-state index contributed by atoms with van der Waals surface area (Å²) < 4.78 is 0. The van der Waals surface area contributed by atoms with Crippen molar-refractivity contribution in [1.82, 2.24) is 5.32 Å².